The molecular formula is C30H42N4O5. The molecule has 2 bridgehead atoms. The first-order valence-corrected chi connectivity index (χ1v) is 14.0. The van der Waals surface area contributed by atoms with Gasteiger partial charge in [0.15, 0.2) is 0 Å². The third kappa shape index (κ3) is 9.98. The molecule has 0 aromatic heterocycles. The van der Waals surface area contributed by atoms with Gasteiger partial charge in [-0.15, -0.1) is 0 Å². The molecule has 3 amide bonds. The Morgan fingerprint density at radius 1 is 0.949 bits per heavy atom. The molecular weight excluding hydrogens is 496 g/mol. The number of nitrogens with zero attached hydrogens (tertiary/aromatic N) is 1. The van der Waals surface area contributed by atoms with E-state index in [0.29, 0.717) is 38.6 Å². The van der Waals surface area contributed by atoms with Gasteiger partial charge in [-0.1, -0.05) is 68.5 Å². The van der Waals surface area contributed by atoms with Crippen LogP contribution < -0.4 is 16.1 Å². The van der Waals surface area contributed by atoms with E-state index in [1.54, 1.807) is 0 Å². The maximum atomic E-state index is 13.7. The van der Waals surface area contributed by atoms with Crippen molar-refractivity contribution in [1.82, 2.24) is 21.1 Å². The zero-order chi connectivity index (χ0) is 28.0. The zero-order valence-electron chi connectivity index (χ0n) is 23.1. The van der Waals surface area contributed by atoms with Gasteiger partial charge in [-0.25, -0.2) is 5.43 Å². The number of cyclic esters (lactones) is 1. The fraction of sp³-hybridized carbons (Fsp3) is 0.533. The van der Waals surface area contributed by atoms with Crippen molar-refractivity contribution >= 4 is 23.7 Å². The van der Waals surface area contributed by atoms with Crippen molar-refractivity contribution in [2.45, 2.75) is 83.3 Å². The van der Waals surface area contributed by atoms with Crippen molar-refractivity contribution in [2.75, 3.05) is 13.2 Å². The molecule has 0 spiro atoms. The van der Waals surface area contributed by atoms with Crippen LogP contribution in [-0.4, -0.2) is 60.0 Å². The highest BCUT2D eigenvalue weighted by Gasteiger charge is 2.35. The Kier molecular flexibility index (Phi) is 12.2. The second kappa shape index (κ2) is 15.8. The van der Waals surface area contributed by atoms with E-state index in [-0.39, 0.29) is 30.8 Å². The molecule has 0 radical (unpaired) electrons. The number of carbonyl (C=O) groups is 4. The fourth-order valence-electron chi connectivity index (χ4n) is 4.62. The lowest BCUT2D eigenvalue weighted by molar-refractivity contribution is -0.153. The van der Waals surface area contributed by atoms with Gasteiger partial charge in [0.05, 0.1) is 6.61 Å². The second-order valence-electron chi connectivity index (χ2n) is 10.4. The van der Waals surface area contributed by atoms with Crippen molar-refractivity contribution < 1.29 is 23.9 Å². The van der Waals surface area contributed by atoms with Crippen molar-refractivity contribution in [1.29, 1.82) is 0 Å². The minimum absolute atomic E-state index is 0.172. The number of hydrogen-bond donors (Lipinski definition) is 3. The Balaban J connectivity index is 1.81. The van der Waals surface area contributed by atoms with Crippen LogP contribution >= 0.6 is 0 Å². The Bertz CT molecular complexity index is 1020. The predicted molar refractivity (Wildman–Crippen MR) is 149 cm³/mol. The standard InChI is InChI=1S/C30H42N4O5/c1-22(2)27-28(36)31-25(21-23-15-10-9-11-16-23)29(37)34-19-14-17-24(33-34)30(38)39-20-13-8-6-4-3-5-7-12-18-26(35)32-27/h3-4,6,8-11,15-16,22,24-25,27,33H,5,7,12-14,17-21H2,1-2H3,(H,31,36)(H,32,35)/b4-3-,8-6+/t24-,25-,27-/m0/s1. The molecule has 2 heterocycles. The van der Waals surface area contributed by atoms with Gasteiger partial charge < -0.3 is 15.4 Å². The summed E-state index contributed by atoms with van der Waals surface area (Å²) in [5, 5.41) is 7.19. The summed E-state index contributed by atoms with van der Waals surface area (Å²) in [4.78, 5) is 52.4. The summed E-state index contributed by atoms with van der Waals surface area (Å²) in [6, 6.07) is 7.16. The van der Waals surface area contributed by atoms with E-state index in [9.17, 15) is 19.2 Å². The predicted octanol–water partition coefficient (Wildman–Crippen LogP) is 2.97. The number of ether oxygens (including phenoxy) is 1. The lowest BCUT2D eigenvalue weighted by Crippen LogP contribution is -2.62. The van der Waals surface area contributed by atoms with Crippen LogP contribution in [0.3, 0.4) is 0 Å². The molecule has 3 atom stereocenters. The van der Waals surface area contributed by atoms with Gasteiger partial charge in [0.1, 0.15) is 18.1 Å². The normalized spacial score (nSPS) is 26.4. The average Bonchev–Trinajstić information content (AvgIpc) is 2.93. The van der Waals surface area contributed by atoms with Crippen LogP contribution in [0.4, 0.5) is 0 Å². The third-order valence-corrected chi connectivity index (χ3v) is 6.84. The Morgan fingerprint density at radius 3 is 2.44 bits per heavy atom. The van der Waals surface area contributed by atoms with E-state index >= 15 is 0 Å². The Hall–Kier alpha value is -3.46. The van der Waals surface area contributed by atoms with Crippen molar-refractivity contribution in [3.63, 3.8) is 0 Å². The number of esters is 1. The van der Waals surface area contributed by atoms with E-state index in [0.717, 1.165) is 18.4 Å². The number of benzene rings is 1. The van der Waals surface area contributed by atoms with Gasteiger partial charge in [0, 0.05) is 19.4 Å². The summed E-state index contributed by atoms with van der Waals surface area (Å²) in [7, 11) is 0. The van der Waals surface area contributed by atoms with Crippen molar-refractivity contribution in [3.8, 4) is 0 Å². The molecule has 3 N–H and O–H groups in total. The maximum Gasteiger partial charge on any atom is 0.324 e. The number of rotatable bonds is 3. The molecule has 1 aromatic carbocycles. The van der Waals surface area contributed by atoms with Crippen LogP contribution in [0.1, 0.15) is 64.4 Å². The lowest BCUT2D eigenvalue weighted by Gasteiger charge is -2.35. The highest BCUT2D eigenvalue weighted by atomic mass is 16.5. The van der Waals surface area contributed by atoms with Gasteiger partial charge in [0.2, 0.25) is 11.8 Å². The molecule has 9 heteroatoms. The third-order valence-electron chi connectivity index (χ3n) is 6.84. The molecule has 0 unspecified atom stereocenters. The summed E-state index contributed by atoms with van der Waals surface area (Å²) < 4.78 is 5.44. The van der Waals surface area contributed by atoms with Crippen LogP contribution in [0.2, 0.25) is 0 Å². The molecule has 3 rings (SSSR count). The van der Waals surface area contributed by atoms with E-state index in [4.69, 9.17) is 4.74 Å². The molecule has 39 heavy (non-hydrogen) atoms. The van der Waals surface area contributed by atoms with Gasteiger partial charge in [0.25, 0.3) is 5.91 Å². The number of fused-ring (bicyclic) bond motifs is 2. The summed E-state index contributed by atoms with van der Waals surface area (Å²) in [6.45, 7) is 4.39. The van der Waals surface area contributed by atoms with Crippen LogP contribution in [0.5, 0.6) is 0 Å². The summed E-state index contributed by atoms with van der Waals surface area (Å²) >= 11 is 0. The van der Waals surface area contributed by atoms with Crippen LogP contribution in [0.15, 0.2) is 54.6 Å². The summed E-state index contributed by atoms with van der Waals surface area (Å²) in [5.41, 5.74) is 3.91. The molecule has 2 aliphatic rings. The molecule has 0 saturated carbocycles. The summed E-state index contributed by atoms with van der Waals surface area (Å²) in [5.74, 6) is -1.49. The van der Waals surface area contributed by atoms with E-state index in [2.05, 4.69) is 16.1 Å². The maximum absolute atomic E-state index is 13.7. The first kappa shape index (κ1) is 30.1. The topological polar surface area (TPSA) is 117 Å². The molecule has 1 fully saturated rings. The SMILES string of the molecule is CC(C)[C@@H]1NC(=O)CCCC/C=C\C=C\CCOC(=O)[C@@H]2CCCN(N2)C(=O)[C@H](Cc2ccccc2)NC1=O. The van der Waals surface area contributed by atoms with Gasteiger partial charge >= 0.3 is 5.97 Å². The number of amides is 3. The Labute approximate surface area is 231 Å². The molecule has 1 saturated heterocycles. The van der Waals surface area contributed by atoms with Crippen molar-refractivity contribution in [3.05, 3.63) is 60.2 Å². The minimum atomic E-state index is -0.880. The van der Waals surface area contributed by atoms with Crippen LogP contribution in [0.25, 0.3) is 0 Å². The molecule has 9 nitrogen and oxygen atoms in total. The lowest BCUT2D eigenvalue weighted by atomic mass is 10.00. The van der Waals surface area contributed by atoms with E-state index in [1.165, 1.54) is 5.01 Å². The highest BCUT2D eigenvalue weighted by Crippen LogP contribution is 2.14. The molecule has 212 valence electrons. The number of allylic oxidation sites excluding steroid dienone is 3. The number of hydrogen-bond acceptors (Lipinski definition) is 6. The van der Waals surface area contributed by atoms with Gasteiger partial charge in [-0.2, -0.15) is 0 Å². The minimum Gasteiger partial charge on any atom is -0.464 e. The second-order valence-corrected chi connectivity index (χ2v) is 10.4. The van der Waals surface area contributed by atoms with E-state index in [1.807, 2.05) is 68.5 Å². The highest BCUT2D eigenvalue weighted by molar-refractivity contribution is 5.92. The van der Waals surface area contributed by atoms with Crippen molar-refractivity contribution in [2.24, 2.45) is 5.92 Å². The molecule has 1 aromatic rings. The fourth-order valence-corrected chi connectivity index (χ4v) is 4.62. The first-order chi connectivity index (χ1) is 18.8. The number of carbonyl (C=O) groups excluding carboxylic acids is 4. The largest absolute Gasteiger partial charge is 0.464 e. The monoisotopic (exact) mass is 538 g/mol. The van der Waals surface area contributed by atoms with Crippen LogP contribution in [0, 0.1) is 5.92 Å². The van der Waals surface area contributed by atoms with Crippen LogP contribution in [-0.2, 0) is 30.3 Å². The number of hydrazine groups is 1. The Morgan fingerprint density at radius 2 is 1.69 bits per heavy atom. The quantitative estimate of drug-likeness (QED) is 0.510. The smallest absolute Gasteiger partial charge is 0.324 e. The molecule has 2 aliphatic heterocycles. The van der Waals surface area contributed by atoms with E-state index < -0.39 is 30.0 Å². The number of nitrogens with one attached hydrogen (secondary N) is 3. The summed E-state index contributed by atoms with van der Waals surface area (Å²) in [6.07, 6.45) is 12.6. The average molecular weight is 539 g/mol. The van der Waals surface area contributed by atoms with Gasteiger partial charge in [-0.3, -0.25) is 24.2 Å². The van der Waals surface area contributed by atoms with Gasteiger partial charge in [-0.05, 0) is 50.0 Å². The first-order valence-electron chi connectivity index (χ1n) is 14.0. The molecule has 0 aliphatic carbocycles. The zero-order valence-corrected chi connectivity index (χ0v) is 23.1.